The summed E-state index contributed by atoms with van der Waals surface area (Å²) in [5, 5.41) is 9.23. The lowest BCUT2D eigenvalue weighted by Crippen LogP contribution is -1.85. The van der Waals surface area contributed by atoms with Crippen LogP contribution in [0, 0.1) is 0 Å². The van der Waals surface area contributed by atoms with Crippen LogP contribution in [0.2, 0.25) is 0 Å². The first-order chi connectivity index (χ1) is 6.57. The summed E-state index contributed by atoms with van der Waals surface area (Å²) in [4.78, 5) is 10.7. The molecule has 3 heteroatoms. The van der Waals surface area contributed by atoms with Gasteiger partial charge in [0.25, 0.3) is 0 Å². The van der Waals surface area contributed by atoms with Crippen molar-refractivity contribution < 1.29 is 18.8 Å². The molecule has 0 aromatic heterocycles. The third kappa shape index (κ3) is 1.49. The predicted octanol–water partition coefficient (Wildman–Crippen LogP) is 1.21. The second-order valence-corrected chi connectivity index (χ2v) is 1.83. The monoisotopic (exact) mass is 155 g/mol. The molecular weight excluding hydrogens is 144 g/mol. The minimum Gasteiger partial charge on any atom is -0.504 e. The van der Waals surface area contributed by atoms with Crippen molar-refractivity contribution in [3.8, 4) is 11.5 Å². The first-order valence-electron chi connectivity index (χ1n) is 4.54. The first-order valence-corrected chi connectivity index (χ1v) is 2.83. The zero-order chi connectivity index (χ0) is 10.7. The zero-order valence-electron chi connectivity index (χ0n) is 8.63. The van der Waals surface area contributed by atoms with Gasteiger partial charge in [-0.25, -0.2) is 0 Å². The van der Waals surface area contributed by atoms with Crippen molar-refractivity contribution in [1.29, 1.82) is 0 Å². The third-order valence-corrected chi connectivity index (χ3v) is 1.14. The highest BCUT2D eigenvalue weighted by Gasteiger charge is 2.00. The summed E-state index contributed by atoms with van der Waals surface area (Å²) in [5.41, 5.74) is -0.161. The van der Waals surface area contributed by atoms with E-state index >= 15 is 0 Å². The standard InChI is InChI=1S/C8H8O3/c1-11-8-4-6(5-9)2-3-7(8)10/h2-5,10H,1H3/i1D,4D,5D. The lowest BCUT2D eigenvalue weighted by Gasteiger charge is -2.01. The van der Waals surface area contributed by atoms with Gasteiger partial charge < -0.3 is 9.84 Å². The highest BCUT2D eigenvalue weighted by atomic mass is 16.5. The number of carbonyl (C=O) groups excluding carboxylic acids is 1. The molecule has 0 atom stereocenters. The largest absolute Gasteiger partial charge is 0.504 e. The molecule has 0 fully saturated rings. The summed E-state index contributed by atoms with van der Waals surface area (Å²) >= 11 is 0. The molecule has 0 bridgehead atoms. The molecule has 0 spiro atoms. The van der Waals surface area contributed by atoms with Crippen LogP contribution in [-0.4, -0.2) is 18.5 Å². The van der Waals surface area contributed by atoms with Gasteiger partial charge in [0.15, 0.2) is 11.5 Å². The van der Waals surface area contributed by atoms with Gasteiger partial charge in [-0.3, -0.25) is 4.79 Å². The number of aldehydes is 1. The van der Waals surface area contributed by atoms with Crippen molar-refractivity contribution in [1.82, 2.24) is 0 Å². The van der Waals surface area contributed by atoms with Gasteiger partial charge in [-0.1, -0.05) is 0 Å². The molecule has 0 heterocycles. The Morgan fingerprint density at radius 3 is 3.36 bits per heavy atom. The molecule has 1 rings (SSSR count). The molecule has 1 aromatic rings. The van der Waals surface area contributed by atoms with Crippen LogP contribution in [0.25, 0.3) is 0 Å². The van der Waals surface area contributed by atoms with Crippen molar-refractivity contribution in [2.45, 2.75) is 0 Å². The SMILES string of the molecule is [2H]COc1c(O)ccc(C([2H])=O)c1[2H]. The second kappa shape index (κ2) is 3.05. The van der Waals surface area contributed by atoms with Gasteiger partial charge in [-0.15, -0.1) is 0 Å². The van der Waals surface area contributed by atoms with Gasteiger partial charge in [-0.05, 0) is 18.2 Å². The summed E-state index contributed by atoms with van der Waals surface area (Å²) < 4.78 is 25.6. The van der Waals surface area contributed by atoms with Crippen LogP contribution in [-0.2, 0) is 0 Å². The Kier molecular flexibility index (Phi) is 1.22. The maximum atomic E-state index is 10.7. The van der Waals surface area contributed by atoms with Crippen LogP contribution < -0.4 is 4.74 Å². The van der Waals surface area contributed by atoms with E-state index in [0.717, 1.165) is 6.07 Å². The van der Waals surface area contributed by atoms with Crippen LogP contribution in [0.1, 0.15) is 14.5 Å². The minimum atomic E-state index is -1.02. The summed E-state index contributed by atoms with van der Waals surface area (Å²) in [6, 6.07) is 1.96. The summed E-state index contributed by atoms with van der Waals surface area (Å²) in [5.74, 6) is -0.551. The maximum Gasteiger partial charge on any atom is 0.161 e. The van der Waals surface area contributed by atoms with Gasteiger partial charge >= 0.3 is 0 Å². The quantitative estimate of drug-likeness (QED) is 0.653. The molecule has 0 unspecified atom stereocenters. The number of rotatable bonds is 2. The molecule has 0 aliphatic heterocycles. The zero-order valence-corrected chi connectivity index (χ0v) is 5.63. The van der Waals surface area contributed by atoms with Gasteiger partial charge in [0.1, 0.15) is 7.63 Å². The average Bonchev–Trinajstić information content (AvgIpc) is 2.11. The maximum absolute atomic E-state index is 10.7. The number of benzene rings is 1. The molecule has 0 saturated heterocycles. The van der Waals surface area contributed by atoms with Crippen LogP contribution in [0.15, 0.2) is 18.2 Å². The second-order valence-electron chi connectivity index (χ2n) is 1.83. The molecule has 0 aliphatic carbocycles. The average molecular weight is 155 g/mol. The predicted molar refractivity (Wildman–Crippen MR) is 40.0 cm³/mol. The molecule has 1 N–H and O–H groups in total. The van der Waals surface area contributed by atoms with Gasteiger partial charge in [0.2, 0.25) is 0 Å². The van der Waals surface area contributed by atoms with E-state index in [9.17, 15) is 9.90 Å². The number of hydrogen-bond acceptors (Lipinski definition) is 3. The fourth-order valence-electron chi connectivity index (χ4n) is 0.636. The molecule has 3 nitrogen and oxygen atoms in total. The van der Waals surface area contributed by atoms with Gasteiger partial charge in [-0.2, -0.15) is 0 Å². The van der Waals surface area contributed by atoms with Gasteiger partial charge in [0.05, 0.1) is 9.83 Å². The Hall–Kier alpha value is -1.51. The highest BCUT2D eigenvalue weighted by Crippen LogP contribution is 2.25. The van der Waals surface area contributed by atoms with Crippen molar-refractivity contribution >= 4 is 6.26 Å². The summed E-state index contributed by atoms with van der Waals surface area (Å²) in [6.45, 7) is 0. The topological polar surface area (TPSA) is 46.5 Å². The Morgan fingerprint density at radius 1 is 1.91 bits per heavy atom. The molecule has 11 heavy (non-hydrogen) atoms. The lowest BCUT2D eigenvalue weighted by molar-refractivity contribution is 0.112. The fourth-order valence-corrected chi connectivity index (χ4v) is 0.636. The number of hydrogen-bond donors (Lipinski definition) is 1. The Labute approximate surface area is 68.4 Å². The first kappa shape index (κ1) is 4.38. The Morgan fingerprint density at radius 2 is 2.73 bits per heavy atom. The van der Waals surface area contributed by atoms with E-state index in [-0.39, 0.29) is 23.1 Å². The summed E-state index contributed by atoms with van der Waals surface area (Å²) in [6.07, 6.45) is -1.02. The normalized spacial score (nSPS) is 12.9. The van der Waals surface area contributed by atoms with E-state index in [1.807, 2.05) is 0 Å². The fraction of sp³-hybridized carbons (Fsp3) is 0.125. The van der Waals surface area contributed by atoms with Crippen molar-refractivity contribution in [2.75, 3.05) is 7.09 Å². The summed E-state index contributed by atoms with van der Waals surface area (Å²) in [7, 11) is -0.463. The smallest absolute Gasteiger partial charge is 0.161 e. The lowest BCUT2D eigenvalue weighted by atomic mass is 10.2. The number of ether oxygens (including phenoxy) is 1. The number of phenols is 1. The van der Waals surface area contributed by atoms with Crippen LogP contribution in [0.4, 0.5) is 0 Å². The van der Waals surface area contributed by atoms with Crippen LogP contribution in [0.3, 0.4) is 0 Å². The van der Waals surface area contributed by atoms with E-state index in [1.54, 1.807) is 0 Å². The molecule has 0 amide bonds. The van der Waals surface area contributed by atoms with E-state index in [2.05, 4.69) is 4.74 Å². The van der Waals surface area contributed by atoms with Crippen molar-refractivity contribution in [2.24, 2.45) is 0 Å². The number of phenolic OH excluding ortho intramolecular Hbond substituents is 1. The molecule has 0 radical (unpaired) electrons. The van der Waals surface area contributed by atoms with Crippen molar-refractivity contribution in [3.05, 3.63) is 23.7 Å². The number of aromatic hydroxyl groups is 1. The Balaban J connectivity index is 3.26. The van der Waals surface area contributed by atoms with Crippen molar-refractivity contribution in [3.63, 3.8) is 0 Å². The van der Waals surface area contributed by atoms with E-state index in [1.165, 1.54) is 6.07 Å². The van der Waals surface area contributed by atoms with Gasteiger partial charge in [0, 0.05) is 5.56 Å². The molecular formula is C8H8O3. The van der Waals surface area contributed by atoms with Crippen LogP contribution >= 0.6 is 0 Å². The van der Waals surface area contributed by atoms with E-state index in [0.29, 0.717) is 0 Å². The Bertz CT molecular complexity index is 365. The molecule has 0 aliphatic rings. The number of carbonyl (C=O) groups is 1. The molecule has 0 saturated carbocycles. The third-order valence-electron chi connectivity index (χ3n) is 1.14. The minimum absolute atomic E-state index is 0.161. The number of methoxy groups -OCH3 is 1. The molecule has 58 valence electrons. The molecule has 1 aromatic carbocycles. The van der Waals surface area contributed by atoms with Crippen LogP contribution in [0.5, 0.6) is 11.5 Å². The van der Waals surface area contributed by atoms with E-state index in [4.69, 9.17) is 4.11 Å². The van der Waals surface area contributed by atoms with E-state index < -0.39 is 13.3 Å². The highest BCUT2D eigenvalue weighted by molar-refractivity contribution is 5.76.